The SMILES string of the molecule is CCOC(=O)CCN1CCN(CC2CN(c3ccc(C(N)=NC(=O)c4ccc(C(F)(F)F)cc4)cc3)C(=O)O2)CC1. The Labute approximate surface area is 235 Å². The van der Waals surface area contributed by atoms with E-state index in [2.05, 4.69) is 14.8 Å². The van der Waals surface area contributed by atoms with Gasteiger partial charge in [-0.3, -0.25) is 19.4 Å². The molecule has 220 valence electrons. The van der Waals surface area contributed by atoms with E-state index in [-0.39, 0.29) is 23.5 Å². The number of hydrogen-bond acceptors (Lipinski definition) is 7. The molecule has 10 nitrogen and oxygen atoms in total. The first-order valence-electron chi connectivity index (χ1n) is 13.3. The average molecular weight is 576 g/mol. The molecule has 13 heteroatoms. The molecule has 4 rings (SSSR count). The van der Waals surface area contributed by atoms with Gasteiger partial charge >= 0.3 is 18.2 Å². The monoisotopic (exact) mass is 575 g/mol. The van der Waals surface area contributed by atoms with Crippen LogP contribution < -0.4 is 10.6 Å². The number of ether oxygens (including phenoxy) is 2. The fraction of sp³-hybridized carbons (Fsp3) is 0.429. The average Bonchev–Trinajstić information content (AvgIpc) is 3.32. The van der Waals surface area contributed by atoms with E-state index in [0.717, 1.165) is 50.4 Å². The van der Waals surface area contributed by atoms with Gasteiger partial charge in [0.2, 0.25) is 0 Å². The zero-order valence-corrected chi connectivity index (χ0v) is 22.6. The van der Waals surface area contributed by atoms with E-state index >= 15 is 0 Å². The first-order valence-corrected chi connectivity index (χ1v) is 13.3. The Hall–Kier alpha value is -3.97. The standard InChI is InChI=1S/C28H32F3N5O5/c1-2-40-24(37)11-12-34-13-15-35(16-14-34)17-23-18-36(27(39)41-23)22-9-5-19(6-10-22)25(32)33-26(38)20-3-7-21(8-4-20)28(29,30)31/h3-10,23H,2,11-18H2,1H3,(H2,32,33,38). The lowest BCUT2D eigenvalue weighted by molar-refractivity contribution is -0.143. The fourth-order valence-corrected chi connectivity index (χ4v) is 4.65. The highest BCUT2D eigenvalue weighted by molar-refractivity contribution is 6.09. The van der Waals surface area contributed by atoms with Crippen molar-refractivity contribution >= 4 is 29.5 Å². The van der Waals surface area contributed by atoms with Gasteiger partial charge in [0.1, 0.15) is 11.9 Å². The number of anilines is 1. The molecule has 2 saturated heterocycles. The number of esters is 1. The molecule has 2 fully saturated rings. The second-order valence-corrected chi connectivity index (χ2v) is 9.74. The van der Waals surface area contributed by atoms with Crippen LogP contribution in [0.3, 0.4) is 0 Å². The largest absolute Gasteiger partial charge is 0.466 e. The molecule has 1 atom stereocenters. The molecule has 0 aromatic heterocycles. The second kappa shape index (κ2) is 13.1. The van der Waals surface area contributed by atoms with E-state index in [9.17, 15) is 27.6 Å². The molecule has 2 aromatic carbocycles. The minimum Gasteiger partial charge on any atom is -0.466 e. The number of piperazine rings is 1. The Kier molecular flexibility index (Phi) is 9.61. The summed E-state index contributed by atoms with van der Waals surface area (Å²) in [6.45, 7) is 7.03. The number of carbonyl (C=O) groups excluding carboxylic acids is 3. The number of hydrogen-bond donors (Lipinski definition) is 1. The molecule has 1 unspecified atom stereocenters. The molecule has 2 amide bonds. The van der Waals surface area contributed by atoms with Crippen LogP contribution >= 0.6 is 0 Å². The van der Waals surface area contributed by atoms with E-state index in [0.29, 0.717) is 43.9 Å². The van der Waals surface area contributed by atoms with Crippen LogP contribution in [0.2, 0.25) is 0 Å². The van der Waals surface area contributed by atoms with Crippen LogP contribution in [0.5, 0.6) is 0 Å². The minimum absolute atomic E-state index is 0.0264. The molecule has 0 bridgehead atoms. The summed E-state index contributed by atoms with van der Waals surface area (Å²) in [4.78, 5) is 46.3. The molecule has 2 aromatic rings. The van der Waals surface area contributed by atoms with Gasteiger partial charge in [-0.25, -0.2) is 4.79 Å². The molecule has 0 radical (unpaired) electrons. The fourth-order valence-electron chi connectivity index (χ4n) is 4.65. The van der Waals surface area contributed by atoms with Gasteiger partial charge in [0.25, 0.3) is 5.91 Å². The molecular formula is C28H32F3N5O5. The molecule has 2 heterocycles. The third-order valence-corrected chi connectivity index (χ3v) is 6.89. The van der Waals surface area contributed by atoms with E-state index in [1.54, 1.807) is 31.2 Å². The number of amidine groups is 1. The maximum absolute atomic E-state index is 12.7. The summed E-state index contributed by atoms with van der Waals surface area (Å²) in [5.41, 5.74) is 6.07. The van der Waals surface area contributed by atoms with Gasteiger partial charge in [-0.05, 0) is 55.5 Å². The number of halogens is 3. The number of cyclic esters (lactones) is 1. The smallest absolute Gasteiger partial charge is 0.416 e. The van der Waals surface area contributed by atoms with E-state index in [1.807, 2.05) is 0 Å². The number of alkyl halides is 3. The van der Waals surface area contributed by atoms with Crippen LogP contribution in [0.1, 0.15) is 34.8 Å². The normalized spacial score (nSPS) is 18.8. The van der Waals surface area contributed by atoms with Gasteiger partial charge in [-0.2, -0.15) is 18.2 Å². The highest BCUT2D eigenvalue weighted by Gasteiger charge is 2.34. The predicted molar refractivity (Wildman–Crippen MR) is 145 cm³/mol. The van der Waals surface area contributed by atoms with Crippen molar-refractivity contribution in [1.82, 2.24) is 9.80 Å². The third kappa shape index (κ3) is 8.04. The Balaban J connectivity index is 1.27. The number of rotatable bonds is 9. The van der Waals surface area contributed by atoms with Gasteiger partial charge in [0, 0.05) is 56.1 Å². The third-order valence-electron chi connectivity index (χ3n) is 6.89. The van der Waals surface area contributed by atoms with Crippen LogP contribution in [0.4, 0.5) is 23.7 Å². The van der Waals surface area contributed by atoms with E-state index in [1.165, 1.54) is 4.90 Å². The lowest BCUT2D eigenvalue weighted by atomic mass is 10.1. The van der Waals surface area contributed by atoms with Crippen molar-refractivity contribution in [3.8, 4) is 0 Å². The van der Waals surface area contributed by atoms with E-state index < -0.39 is 23.7 Å². The molecule has 2 N–H and O–H groups in total. The van der Waals surface area contributed by atoms with Gasteiger partial charge in [-0.15, -0.1) is 0 Å². The topological polar surface area (TPSA) is 118 Å². The lowest BCUT2D eigenvalue weighted by Crippen LogP contribution is -2.49. The Morgan fingerprint density at radius 3 is 2.22 bits per heavy atom. The molecular weight excluding hydrogens is 543 g/mol. The summed E-state index contributed by atoms with van der Waals surface area (Å²) in [5, 5.41) is 0. The molecule has 0 aliphatic carbocycles. The molecule has 0 spiro atoms. The van der Waals surface area contributed by atoms with Gasteiger partial charge in [0.15, 0.2) is 0 Å². The summed E-state index contributed by atoms with van der Waals surface area (Å²) < 4.78 is 48.8. The zero-order chi connectivity index (χ0) is 29.6. The summed E-state index contributed by atoms with van der Waals surface area (Å²) >= 11 is 0. The van der Waals surface area contributed by atoms with Gasteiger partial charge in [-0.1, -0.05) is 0 Å². The second-order valence-electron chi connectivity index (χ2n) is 9.74. The zero-order valence-electron chi connectivity index (χ0n) is 22.6. The minimum atomic E-state index is -4.50. The van der Waals surface area contributed by atoms with Crippen LogP contribution in [0, 0.1) is 0 Å². The van der Waals surface area contributed by atoms with Crippen molar-refractivity contribution in [3.63, 3.8) is 0 Å². The maximum Gasteiger partial charge on any atom is 0.416 e. The van der Waals surface area contributed by atoms with E-state index in [4.69, 9.17) is 15.2 Å². The molecule has 2 aliphatic rings. The molecule has 0 saturated carbocycles. The number of nitrogens with two attached hydrogens (primary N) is 1. The van der Waals surface area contributed by atoms with Crippen LogP contribution in [0.15, 0.2) is 53.5 Å². The van der Waals surface area contributed by atoms with Gasteiger partial charge < -0.3 is 20.1 Å². The van der Waals surface area contributed by atoms with Crippen LogP contribution in [0.25, 0.3) is 0 Å². The number of amides is 2. The van der Waals surface area contributed by atoms with Crippen molar-refractivity contribution in [3.05, 3.63) is 65.2 Å². The number of nitrogens with zero attached hydrogens (tertiary/aromatic N) is 4. The summed E-state index contributed by atoms with van der Waals surface area (Å²) in [7, 11) is 0. The Morgan fingerprint density at radius 2 is 1.61 bits per heavy atom. The molecule has 2 aliphatic heterocycles. The maximum atomic E-state index is 12.7. The number of benzene rings is 2. The Bertz CT molecular complexity index is 1260. The predicted octanol–water partition coefficient (Wildman–Crippen LogP) is 3.15. The van der Waals surface area contributed by atoms with Crippen LogP contribution in [-0.2, 0) is 20.4 Å². The van der Waals surface area contributed by atoms with Crippen molar-refractivity contribution in [1.29, 1.82) is 0 Å². The lowest BCUT2D eigenvalue weighted by Gasteiger charge is -2.35. The molecule has 41 heavy (non-hydrogen) atoms. The quantitative estimate of drug-likeness (QED) is 0.275. The Morgan fingerprint density at radius 1 is 1.00 bits per heavy atom. The summed E-state index contributed by atoms with van der Waals surface area (Å²) in [6.07, 6.45) is -4.90. The highest BCUT2D eigenvalue weighted by Crippen LogP contribution is 2.29. The first-order chi connectivity index (χ1) is 19.5. The van der Waals surface area contributed by atoms with Crippen molar-refractivity contribution in [2.75, 3.05) is 57.3 Å². The van der Waals surface area contributed by atoms with Crippen LogP contribution in [-0.4, -0.2) is 92.1 Å². The summed E-state index contributed by atoms with van der Waals surface area (Å²) in [6, 6.07) is 10.2. The number of carbonyl (C=O) groups is 3. The van der Waals surface area contributed by atoms with Gasteiger partial charge in [0.05, 0.1) is 25.1 Å². The van der Waals surface area contributed by atoms with Crippen molar-refractivity contribution in [2.45, 2.75) is 25.6 Å². The first kappa shape index (κ1) is 30.0. The van der Waals surface area contributed by atoms with Crippen molar-refractivity contribution < 1.29 is 37.0 Å². The summed E-state index contributed by atoms with van der Waals surface area (Å²) in [5.74, 6) is -1.07. The van der Waals surface area contributed by atoms with Crippen molar-refractivity contribution in [2.24, 2.45) is 10.7 Å². The number of aliphatic imine (C=N–C) groups is 1. The highest BCUT2D eigenvalue weighted by atomic mass is 19.4.